The van der Waals surface area contributed by atoms with E-state index in [1.165, 1.54) is 12.3 Å². The summed E-state index contributed by atoms with van der Waals surface area (Å²) in [5.74, 6) is -0.0853. The van der Waals surface area contributed by atoms with Crippen LogP contribution in [0.2, 0.25) is 25.7 Å². The summed E-state index contributed by atoms with van der Waals surface area (Å²) in [6, 6.07) is 13.0. The van der Waals surface area contributed by atoms with E-state index in [0.29, 0.717) is 44.9 Å². The zero-order chi connectivity index (χ0) is 33.3. The van der Waals surface area contributed by atoms with E-state index < -0.39 is 25.5 Å². The van der Waals surface area contributed by atoms with E-state index in [1.54, 1.807) is 34.2 Å². The Labute approximate surface area is 275 Å². The number of hydrogen-bond donors (Lipinski definition) is 1. The van der Waals surface area contributed by atoms with Gasteiger partial charge in [0, 0.05) is 45.4 Å². The number of urea groups is 1. The van der Waals surface area contributed by atoms with Gasteiger partial charge >= 0.3 is 12.1 Å². The average molecular weight is 659 g/mol. The van der Waals surface area contributed by atoms with E-state index in [0.717, 1.165) is 33.6 Å². The first-order valence-corrected chi connectivity index (χ1v) is 20.0. The number of amides is 3. The number of halogens is 1. The van der Waals surface area contributed by atoms with Gasteiger partial charge in [-0.15, -0.1) is 0 Å². The summed E-state index contributed by atoms with van der Waals surface area (Å²) in [5, 5.41) is 8.38. The molecule has 2 atom stereocenters. The summed E-state index contributed by atoms with van der Waals surface area (Å²) in [6.07, 6.45) is 6.10. The Bertz CT molecular complexity index is 1780. The Kier molecular flexibility index (Phi) is 9.08. The molecular formula is C35H43FN6O4Si. The molecule has 0 saturated carbocycles. The summed E-state index contributed by atoms with van der Waals surface area (Å²) < 4.78 is 28.3. The molecule has 0 radical (unpaired) electrons. The van der Waals surface area contributed by atoms with Gasteiger partial charge in [-0.1, -0.05) is 44.8 Å². The van der Waals surface area contributed by atoms with Crippen molar-refractivity contribution in [3.8, 4) is 5.75 Å². The van der Waals surface area contributed by atoms with Crippen LogP contribution in [0.1, 0.15) is 42.9 Å². The first-order valence-electron chi connectivity index (χ1n) is 16.3. The fourth-order valence-electron chi connectivity index (χ4n) is 6.92. The summed E-state index contributed by atoms with van der Waals surface area (Å²) in [4.78, 5) is 35.0. The molecule has 2 aliphatic heterocycles. The Morgan fingerprint density at radius 2 is 2.00 bits per heavy atom. The fraction of sp³-hybridized carbons (Fsp3) is 0.429. The van der Waals surface area contributed by atoms with Gasteiger partial charge in [0.25, 0.3) is 0 Å². The number of pyridine rings is 1. The smallest absolute Gasteiger partial charge is 0.409 e. The first kappa shape index (κ1) is 32.6. The molecule has 2 aliphatic rings. The zero-order valence-electron chi connectivity index (χ0n) is 27.8. The van der Waals surface area contributed by atoms with Crippen LogP contribution in [0.5, 0.6) is 5.75 Å². The number of carbonyl (C=O) groups excluding carboxylic acids is 2. The second-order valence-corrected chi connectivity index (χ2v) is 19.4. The zero-order valence-corrected chi connectivity index (χ0v) is 28.8. The Morgan fingerprint density at radius 3 is 2.74 bits per heavy atom. The van der Waals surface area contributed by atoms with Crippen molar-refractivity contribution in [1.82, 2.24) is 24.6 Å². The van der Waals surface area contributed by atoms with Crippen molar-refractivity contribution in [3.63, 3.8) is 0 Å². The van der Waals surface area contributed by atoms with Crippen molar-refractivity contribution >= 4 is 36.8 Å². The highest BCUT2D eigenvalue weighted by molar-refractivity contribution is 6.76. The van der Waals surface area contributed by atoms with Crippen molar-refractivity contribution < 1.29 is 23.5 Å². The summed E-state index contributed by atoms with van der Waals surface area (Å²) in [7, 11) is -1.21. The Balaban J connectivity index is 1.34. The highest BCUT2D eigenvalue weighted by Gasteiger charge is 2.48. The van der Waals surface area contributed by atoms with Crippen molar-refractivity contribution in [2.24, 2.45) is 0 Å². The van der Waals surface area contributed by atoms with E-state index >= 15 is 0 Å². The standard InChI is InChI=1S/C35H43FN6O4Si/c1-6-35(27-17-24(2)32-26(18-27)20-38-42(32)23-45-15-16-47(3,4)5)19-28(12-14-41(35)34(44)46-29-10-8-13-37-21-29)40-22-25-9-7-11-30(36)31(25)39-33(40)43/h7-11,13,17-18,20-21,28H,6,12,14-16,19,22-23H2,1-5H3,(H,39,43). The molecule has 1 N–H and O–H groups in total. The second-order valence-electron chi connectivity index (χ2n) is 13.8. The maximum atomic E-state index is 14.5. The van der Waals surface area contributed by atoms with Crippen LogP contribution in [-0.4, -0.2) is 64.0 Å². The summed E-state index contributed by atoms with van der Waals surface area (Å²) in [6.45, 7) is 12.8. The molecule has 47 heavy (non-hydrogen) atoms. The molecular weight excluding hydrogens is 616 g/mol. The SMILES string of the molecule is CCC1(c2cc(C)c3c(cnn3COCC[Si](C)(C)C)c2)CC(N2Cc3cccc(F)c3NC2=O)CCN1C(=O)Oc1cccnc1. The number of likely N-dealkylation sites (tertiary alicyclic amines) is 1. The molecule has 2 unspecified atom stereocenters. The third-order valence-corrected chi connectivity index (χ3v) is 11.2. The number of piperidine rings is 1. The molecule has 4 heterocycles. The highest BCUT2D eigenvalue weighted by Crippen LogP contribution is 2.45. The predicted molar refractivity (Wildman–Crippen MR) is 181 cm³/mol. The van der Waals surface area contributed by atoms with E-state index in [4.69, 9.17) is 9.47 Å². The topological polar surface area (TPSA) is 102 Å². The molecule has 10 nitrogen and oxygen atoms in total. The number of benzene rings is 2. The maximum absolute atomic E-state index is 14.5. The number of aromatic nitrogens is 3. The van der Waals surface area contributed by atoms with Gasteiger partial charge in [0.1, 0.15) is 12.5 Å². The number of anilines is 1. The Morgan fingerprint density at radius 1 is 1.17 bits per heavy atom. The van der Waals surface area contributed by atoms with Gasteiger partial charge in [0.2, 0.25) is 0 Å². The lowest BCUT2D eigenvalue weighted by Gasteiger charge is -2.51. The van der Waals surface area contributed by atoms with Gasteiger partial charge < -0.3 is 19.7 Å². The van der Waals surface area contributed by atoms with E-state index in [-0.39, 0.29) is 24.3 Å². The fourth-order valence-corrected chi connectivity index (χ4v) is 7.67. The van der Waals surface area contributed by atoms with Crippen LogP contribution in [0.3, 0.4) is 0 Å². The van der Waals surface area contributed by atoms with Gasteiger partial charge in [-0.2, -0.15) is 5.10 Å². The number of nitrogens with one attached hydrogen (secondary N) is 1. The number of hydrogen-bond acceptors (Lipinski definition) is 6. The van der Waals surface area contributed by atoms with Crippen LogP contribution in [-0.2, 0) is 23.6 Å². The van der Waals surface area contributed by atoms with Gasteiger partial charge in [-0.25, -0.2) is 18.7 Å². The van der Waals surface area contributed by atoms with Crippen molar-refractivity contribution in [1.29, 1.82) is 0 Å². The molecule has 2 aromatic heterocycles. The lowest BCUT2D eigenvalue weighted by molar-refractivity contribution is 0.0111. The van der Waals surface area contributed by atoms with Gasteiger partial charge in [0.05, 0.1) is 29.1 Å². The molecule has 6 rings (SSSR count). The third kappa shape index (κ3) is 6.61. The number of carbonyl (C=O) groups is 2. The van der Waals surface area contributed by atoms with Crippen molar-refractivity contribution in [3.05, 3.63) is 83.6 Å². The lowest BCUT2D eigenvalue weighted by Crippen LogP contribution is -2.60. The number of aryl methyl sites for hydroxylation is 1. The lowest BCUT2D eigenvalue weighted by atomic mass is 9.75. The number of fused-ring (bicyclic) bond motifs is 2. The number of rotatable bonds is 9. The van der Waals surface area contributed by atoms with Gasteiger partial charge in [0.15, 0.2) is 5.75 Å². The predicted octanol–water partition coefficient (Wildman–Crippen LogP) is 7.51. The van der Waals surface area contributed by atoms with Gasteiger partial charge in [-0.3, -0.25) is 9.88 Å². The minimum atomic E-state index is -1.21. The average Bonchev–Trinajstić information content (AvgIpc) is 3.46. The molecule has 248 valence electrons. The molecule has 3 amide bonds. The van der Waals surface area contributed by atoms with Crippen molar-refractivity contribution in [2.45, 2.75) is 83.7 Å². The largest absolute Gasteiger partial charge is 0.416 e. The minimum Gasteiger partial charge on any atom is -0.409 e. The molecule has 1 saturated heterocycles. The molecule has 12 heteroatoms. The molecule has 4 aromatic rings. The van der Waals surface area contributed by atoms with Crippen LogP contribution in [0.4, 0.5) is 19.7 Å². The molecule has 1 fully saturated rings. The molecule has 0 aliphatic carbocycles. The van der Waals surface area contributed by atoms with Gasteiger partial charge in [-0.05, 0) is 73.2 Å². The van der Waals surface area contributed by atoms with E-state index in [2.05, 4.69) is 61.0 Å². The molecule has 0 bridgehead atoms. The summed E-state index contributed by atoms with van der Waals surface area (Å²) in [5.41, 5.74) is 3.09. The molecule has 0 spiro atoms. The Hall–Kier alpha value is -4.29. The number of ether oxygens (including phenoxy) is 2. The highest BCUT2D eigenvalue weighted by atomic mass is 28.3. The van der Waals surface area contributed by atoms with Crippen LogP contribution in [0, 0.1) is 12.7 Å². The monoisotopic (exact) mass is 658 g/mol. The van der Waals surface area contributed by atoms with E-state index in [1.807, 2.05) is 16.9 Å². The van der Waals surface area contributed by atoms with Crippen LogP contribution in [0.25, 0.3) is 10.9 Å². The third-order valence-electron chi connectivity index (χ3n) is 9.47. The molecule has 2 aromatic carbocycles. The van der Waals surface area contributed by atoms with Crippen LogP contribution in [0.15, 0.2) is 61.1 Å². The van der Waals surface area contributed by atoms with Crippen LogP contribution >= 0.6 is 0 Å². The second kappa shape index (κ2) is 13.1. The number of para-hydroxylation sites is 1. The minimum absolute atomic E-state index is 0.215. The summed E-state index contributed by atoms with van der Waals surface area (Å²) >= 11 is 0. The first-order chi connectivity index (χ1) is 22.5. The normalized spacial score (nSPS) is 19.9. The quantitative estimate of drug-likeness (QED) is 0.148. The number of nitrogens with zero attached hydrogens (tertiary/aromatic N) is 5. The maximum Gasteiger partial charge on any atom is 0.416 e. The van der Waals surface area contributed by atoms with Crippen LogP contribution < -0.4 is 10.1 Å². The van der Waals surface area contributed by atoms with E-state index in [9.17, 15) is 14.0 Å². The van der Waals surface area contributed by atoms with Crippen molar-refractivity contribution in [2.75, 3.05) is 18.5 Å².